The Kier molecular flexibility index (Phi) is 6.85. The molecule has 1 N–H and O–H groups in total. The van der Waals surface area contributed by atoms with Gasteiger partial charge in [0.25, 0.3) is 5.91 Å². The Bertz CT molecular complexity index is 739. The zero-order valence-corrected chi connectivity index (χ0v) is 16.1. The van der Waals surface area contributed by atoms with Crippen LogP contribution in [-0.2, 0) is 11.2 Å². The summed E-state index contributed by atoms with van der Waals surface area (Å²) >= 11 is 0. The second-order valence-electron chi connectivity index (χ2n) is 6.67. The number of amides is 1. The molecule has 1 unspecified atom stereocenters. The molecule has 0 aromatic heterocycles. The van der Waals surface area contributed by atoms with Crippen LogP contribution in [0.2, 0.25) is 0 Å². The van der Waals surface area contributed by atoms with Gasteiger partial charge in [-0.1, -0.05) is 43.3 Å². The second kappa shape index (κ2) is 9.53. The summed E-state index contributed by atoms with van der Waals surface area (Å²) < 4.78 is 10.8. The summed E-state index contributed by atoms with van der Waals surface area (Å²) in [6.07, 6.45) is 1.02. The van der Waals surface area contributed by atoms with E-state index in [9.17, 15) is 4.79 Å². The molecule has 0 aliphatic carbocycles. The Labute approximate surface area is 161 Å². The smallest absolute Gasteiger partial charge is 0.255 e. The first kappa shape index (κ1) is 19.4. The van der Waals surface area contributed by atoms with Gasteiger partial charge in [-0.25, -0.2) is 0 Å². The molecule has 1 heterocycles. The highest BCUT2D eigenvalue weighted by Crippen LogP contribution is 2.23. The minimum Gasteiger partial charge on any atom is -0.496 e. The van der Waals surface area contributed by atoms with E-state index in [2.05, 4.69) is 41.4 Å². The van der Waals surface area contributed by atoms with Gasteiger partial charge in [0, 0.05) is 19.6 Å². The fourth-order valence-corrected chi connectivity index (χ4v) is 3.44. The molecule has 0 spiro atoms. The maximum Gasteiger partial charge on any atom is 0.255 e. The average Bonchev–Trinajstić information content (AvgIpc) is 2.75. The van der Waals surface area contributed by atoms with Crippen LogP contribution < -0.4 is 10.1 Å². The van der Waals surface area contributed by atoms with E-state index in [1.165, 1.54) is 11.1 Å². The topological polar surface area (TPSA) is 50.8 Å². The number of nitrogens with zero attached hydrogens (tertiary/aromatic N) is 1. The summed E-state index contributed by atoms with van der Waals surface area (Å²) in [5.74, 6) is 0.473. The first-order valence-electron chi connectivity index (χ1n) is 9.54. The summed E-state index contributed by atoms with van der Waals surface area (Å²) in [5, 5.41) is 3.10. The number of nitrogens with one attached hydrogen (secondary N) is 1. The largest absolute Gasteiger partial charge is 0.496 e. The number of morpholine rings is 1. The quantitative estimate of drug-likeness (QED) is 0.816. The number of carbonyl (C=O) groups is 1. The number of rotatable bonds is 7. The van der Waals surface area contributed by atoms with Gasteiger partial charge in [-0.2, -0.15) is 0 Å². The number of methoxy groups -OCH3 is 1. The van der Waals surface area contributed by atoms with Crippen molar-refractivity contribution >= 4 is 5.91 Å². The zero-order chi connectivity index (χ0) is 19.1. The van der Waals surface area contributed by atoms with Gasteiger partial charge in [0.2, 0.25) is 0 Å². The van der Waals surface area contributed by atoms with E-state index in [0.717, 1.165) is 32.7 Å². The molecule has 0 saturated carbocycles. The molecule has 2 aromatic carbocycles. The SMILES string of the molecule is CCc1ccc(C(CNC(=O)c2ccccc2OC)N2CCOCC2)cc1. The molecule has 27 heavy (non-hydrogen) atoms. The van der Waals surface area contributed by atoms with Crippen molar-refractivity contribution in [3.05, 3.63) is 65.2 Å². The highest BCUT2D eigenvalue weighted by molar-refractivity contribution is 5.96. The lowest BCUT2D eigenvalue weighted by molar-refractivity contribution is 0.0162. The Hall–Kier alpha value is -2.37. The van der Waals surface area contributed by atoms with Crippen LogP contribution in [-0.4, -0.2) is 50.8 Å². The third kappa shape index (κ3) is 4.87. The van der Waals surface area contributed by atoms with E-state index in [-0.39, 0.29) is 11.9 Å². The van der Waals surface area contributed by atoms with Crippen LogP contribution in [0, 0.1) is 0 Å². The van der Waals surface area contributed by atoms with Crippen LogP contribution >= 0.6 is 0 Å². The number of ether oxygens (including phenoxy) is 2. The summed E-state index contributed by atoms with van der Waals surface area (Å²) in [5.41, 5.74) is 3.09. The monoisotopic (exact) mass is 368 g/mol. The van der Waals surface area contributed by atoms with Gasteiger partial charge in [0.05, 0.1) is 31.9 Å². The molecule has 5 heteroatoms. The van der Waals surface area contributed by atoms with Crippen molar-refractivity contribution < 1.29 is 14.3 Å². The molecule has 0 radical (unpaired) electrons. The molecule has 144 valence electrons. The summed E-state index contributed by atoms with van der Waals surface area (Å²) in [4.78, 5) is 15.1. The number of aryl methyl sites for hydroxylation is 1. The van der Waals surface area contributed by atoms with E-state index in [1.54, 1.807) is 19.2 Å². The van der Waals surface area contributed by atoms with Gasteiger partial charge >= 0.3 is 0 Å². The minimum absolute atomic E-state index is 0.115. The lowest BCUT2D eigenvalue weighted by Gasteiger charge is -2.35. The molecule has 1 amide bonds. The highest BCUT2D eigenvalue weighted by Gasteiger charge is 2.24. The van der Waals surface area contributed by atoms with Crippen molar-refractivity contribution in [2.45, 2.75) is 19.4 Å². The van der Waals surface area contributed by atoms with Gasteiger partial charge in [-0.3, -0.25) is 9.69 Å². The van der Waals surface area contributed by atoms with Crippen LogP contribution in [0.5, 0.6) is 5.75 Å². The second-order valence-corrected chi connectivity index (χ2v) is 6.67. The molecule has 1 aliphatic heterocycles. The fourth-order valence-electron chi connectivity index (χ4n) is 3.44. The first-order valence-corrected chi connectivity index (χ1v) is 9.54. The first-order chi connectivity index (χ1) is 13.2. The maximum absolute atomic E-state index is 12.7. The number of benzene rings is 2. The van der Waals surface area contributed by atoms with E-state index in [0.29, 0.717) is 17.9 Å². The van der Waals surface area contributed by atoms with Crippen LogP contribution in [0.3, 0.4) is 0 Å². The predicted octanol–water partition coefficient (Wildman–Crippen LogP) is 3.06. The third-order valence-electron chi connectivity index (χ3n) is 5.07. The molecular formula is C22H28N2O3. The molecule has 1 fully saturated rings. The van der Waals surface area contributed by atoms with E-state index >= 15 is 0 Å². The normalized spacial score (nSPS) is 15.9. The van der Waals surface area contributed by atoms with E-state index in [4.69, 9.17) is 9.47 Å². The van der Waals surface area contributed by atoms with Gasteiger partial charge in [0.15, 0.2) is 0 Å². The average molecular weight is 368 g/mol. The summed E-state index contributed by atoms with van der Waals surface area (Å²) in [6.45, 7) is 5.88. The van der Waals surface area contributed by atoms with Gasteiger partial charge in [-0.15, -0.1) is 0 Å². The third-order valence-corrected chi connectivity index (χ3v) is 5.07. The molecule has 1 saturated heterocycles. The van der Waals surface area contributed by atoms with Gasteiger partial charge in [-0.05, 0) is 29.7 Å². The van der Waals surface area contributed by atoms with Crippen LogP contribution in [0.15, 0.2) is 48.5 Å². The molecule has 3 rings (SSSR count). The minimum atomic E-state index is -0.115. The van der Waals surface area contributed by atoms with Gasteiger partial charge in [0.1, 0.15) is 5.75 Å². The Morgan fingerprint density at radius 1 is 1.15 bits per heavy atom. The van der Waals surface area contributed by atoms with Gasteiger partial charge < -0.3 is 14.8 Å². The molecular weight excluding hydrogens is 340 g/mol. The van der Waals surface area contributed by atoms with E-state index < -0.39 is 0 Å². The van der Waals surface area contributed by atoms with Crippen LogP contribution in [0.4, 0.5) is 0 Å². The van der Waals surface area contributed by atoms with Crippen LogP contribution in [0.1, 0.15) is 34.5 Å². The van der Waals surface area contributed by atoms with Crippen LogP contribution in [0.25, 0.3) is 0 Å². The maximum atomic E-state index is 12.7. The lowest BCUT2D eigenvalue weighted by Crippen LogP contribution is -2.43. The highest BCUT2D eigenvalue weighted by atomic mass is 16.5. The number of hydrogen-bond donors (Lipinski definition) is 1. The number of carbonyl (C=O) groups excluding carboxylic acids is 1. The van der Waals surface area contributed by atoms with Crippen molar-refractivity contribution in [1.29, 1.82) is 0 Å². The zero-order valence-electron chi connectivity index (χ0n) is 16.1. The molecule has 5 nitrogen and oxygen atoms in total. The molecule has 0 bridgehead atoms. The Morgan fingerprint density at radius 3 is 2.52 bits per heavy atom. The lowest BCUT2D eigenvalue weighted by atomic mass is 10.0. The Balaban J connectivity index is 1.75. The summed E-state index contributed by atoms with van der Waals surface area (Å²) in [6, 6.07) is 16.1. The predicted molar refractivity (Wildman–Crippen MR) is 106 cm³/mol. The number of para-hydroxylation sites is 1. The van der Waals surface area contributed by atoms with Crippen molar-refractivity contribution in [1.82, 2.24) is 10.2 Å². The molecule has 1 atom stereocenters. The standard InChI is InChI=1S/C22H28N2O3/c1-3-17-8-10-18(11-9-17)20(24-12-14-27-15-13-24)16-23-22(25)19-6-4-5-7-21(19)26-2/h4-11,20H,3,12-16H2,1-2H3,(H,23,25). The Morgan fingerprint density at radius 2 is 1.85 bits per heavy atom. The van der Waals surface area contributed by atoms with Crippen molar-refractivity contribution in [3.8, 4) is 5.75 Å². The molecule has 2 aromatic rings. The molecule has 1 aliphatic rings. The van der Waals surface area contributed by atoms with Crippen molar-refractivity contribution in [2.24, 2.45) is 0 Å². The summed E-state index contributed by atoms with van der Waals surface area (Å²) in [7, 11) is 1.58. The fraction of sp³-hybridized carbons (Fsp3) is 0.409. The van der Waals surface area contributed by atoms with Crippen molar-refractivity contribution in [3.63, 3.8) is 0 Å². The van der Waals surface area contributed by atoms with E-state index in [1.807, 2.05) is 12.1 Å². The number of hydrogen-bond acceptors (Lipinski definition) is 4. The van der Waals surface area contributed by atoms with Crippen molar-refractivity contribution in [2.75, 3.05) is 40.0 Å².